The molecule has 0 fully saturated rings. The molecule has 0 aromatic heterocycles. The molecule has 0 saturated heterocycles. The van der Waals surface area contributed by atoms with Crippen LogP contribution in [0.15, 0.2) is 24.3 Å². The highest BCUT2D eigenvalue weighted by Crippen LogP contribution is 2.26. The van der Waals surface area contributed by atoms with Gasteiger partial charge in [0, 0.05) is 11.6 Å². The van der Waals surface area contributed by atoms with Crippen molar-refractivity contribution in [2.24, 2.45) is 5.92 Å². The van der Waals surface area contributed by atoms with Crippen molar-refractivity contribution in [1.29, 1.82) is 0 Å². The maximum atomic E-state index is 10.6. The second-order valence-electron chi connectivity index (χ2n) is 6.18. The number of aliphatic hydroxyl groups excluding tert-OH is 2. The van der Waals surface area contributed by atoms with E-state index in [0.29, 0.717) is 0 Å². The standard InChI is InChI=1S/C16H27NO3/c1-11(2)14(17-16(3,4)10-18)15(19)12-7-6-8-13(9-12)20-5/h6-9,11,14-15,17-19H,10H2,1-5H3. The summed E-state index contributed by atoms with van der Waals surface area (Å²) >= 11 is 0. The second-order valence-corrected chi connectivity index (χ2v) is 6.18. The van der Waals surface area contributed by atoms with Crippen LogP contribution < -0.4 is 10.1 Å². The second kappa shape index (κ2) is 7.07. The molecule has 2 atom stereocenters. The van der Waals surface area contributed by atoms with Gasteiger partial charge < -0.3 is 20.3 Å². The fourth-order valence-corrected chi connectivity index (χ4v) is 2.14. The molecule has 0 amide bonds. The van der Waals surface area contributed by atoms with Crippen LogP contribution in [0, 0.1) is 5.92 Å². The highest BCUT2D eigenvalue weighted by molar-refractivity contribution is 5.30. The Morgan fingerprint density at radius 1 is 1.30 bits per heavy atom. The molecule has 4 heteroatoms. The lowest BCUT2D eigenvalue weighted by Crippen LogP contribution is -2.52. The number of aliphatic hydroxyl groups is 2. The minimum absolute atomic E-state index is 0.0149. The molecule has 4 nitrogen and oxygen atoms in total. The summed E-state index contributed by atoms with van der Waals surface area (Å²) in [6, 6.07) is 7.30. The molecule has 1 aromatic rings. The van der Waals surface area contributed by atoms with Crippen LogP contribution in [0.1, 0.15) is 39.4 Å². The van der Waals surface area contributed by atoms with Gasteiger partial charge in [-0.1, -0.05) is 26.0 Å². The van der Waals surface area contributed by atoms with Gasteiger partial charge in [-0.2, -0.15) is 0 Å². The van der Waals surface area contributed by atoms with Crippen LogP contribution in [0.2, 0.25) is 0 Å². The Bertz CT molecular complexity index is 418. The molecule has 3 N–H and O–H groups in total. The number of methoxy groups -OCH3 is 1. The van der Waals surface area contributed by atoms with Crippen molar-refractivity contribution in [3.05, 3.63) is 29.8 Å². The van der Waals surface area contributed by atoms with Crippen molar-refractivity contribution < 1.29 is 14.9 Å². The summed E-state index contributed by atoms with van der Waals surface area (Å²) < 4.78 is 5.20. The number of nitrogens with one attached hydrogen (secondary N) is 1. The van der Waals surface area contributed by atoms with Gasteiger partial charge in [-0.3, -0.25) is 0 Å². The summed E-state index contributed by atoms with van der Waals surface area (Å²) in [6.07, 6.45) is -0.657. The first-order valence-corrected chi connectivity index (χ1v) is 7.01. The van der Waals surface area contributed by atoms with Crippen LogP contribution in [-0.2, 0) is 0 Å². The highest BCUT2D eigenvalue weighted by atomic mass is 16.5. The van der Waals surface area contributed by atoms with E-state index >= 15 is 0 Å². The molecule has 0 aliphatic rings. The minimum Gasteiger partial charge on any atom is -0.497 e. The third-order valence-corrected chi connectivity index (χ3v) is 3.45. The van der Waals surface area contributed by atoms with E-state index in [1.165, 1.54) is 0 Å². The lowest BCUT2D eigenvalue weighted by molar-refractivity contribution is 0.0711. The Kier molecular flexibility index (Phi) is 5.99. The Labute approximate surface area is 121 Å². The molecule has 0 saturated carbocycles. The summed E-state index contributed by atoms with van der Waals surface area (Å²) in [6.45, 7) is 7.95. The number of benzene rings is 1. The van der Waals surface area contributed by atoms with Crippen LogP contribution in [0.3, 0.4) is 0 Å². The summed E-state index contributed by atoms with van der Waals surface area (Å²) in [4.78, 5) is 0. The maximum absolute atomic E-state index is 10.6. The van der Waals surface area contributed by atoms with E-state index in [0.717, 1.165) is 11.3 Å². The van der Waals surface area contributed by atoms with Crippen LogP contribution in [0.4, 0.5) is 0 Å². The first-order chi connectivity index (χ1) is 9.30. The van der Waals surface area contributed by atoms with E-state index in [4.69, 9.17) is 4.74 Å². The maximum Gasteiger partial charge on any atom is 0.119 e. The predicted molar refractivity (Wildman–Crippen MR) is 80.9 cm³/mol. The van der Waals surface area contributed by atoms with E-state index in [1.54, 1.807) is 7.11 Å². The van der Waals surface area contributed by atoms with Gasteiger partial charge in [-0.25, -0.2) is 0 Å². The highest BCUT2D eigenvalue weighted by Gasteiger charge is 2.29. The molecular weight excluding hydrogens is 254 g/mol. The number of hydrogen-bond donors (Lipinski definition) is 3. The smallest absolute Gasteiger partial charge is 0.119 e. The summed E-state index contributed by atoms with van der Waals surface area (Å²) in [5, 5.41) is 23.4. The SMILES string of the molecule is COc1cccc(C(O)C(NC(C)(C)CO)C(C)C)c1. The summed E-state index contributed by atoms with van der Waals surface area (Å²) in [7, 11) is 1.61. The zero-order valence-corrected chi connectivity index (χ0v) is 13.1. The third-order valence-electron chi connectivity index (χ3n) is 3.45. The summed E-state index contributed by atoms with van der Waals surface area (Å²) in [5.74, 6) is 0.951. The molecule has 20 heavy (non-hydrogen) atoms. The van der Waals surface area contributed by atoms with E-state index in [-0.39, 0.29) is 18.6 Å². The van der Waals surface area contributed by atoms with Crippen molar-refractivity contribution in [3.8, 4) is 5.75 Å². The molecule has 2 unspecified atom stereocenters. The summed E-state index contributed by atoms with van der Waals surface area (Å²) in [5.41, 5.74) is 0.374. The molecule has 0 heterocycles. The molecule has 0 aliphatic carbocycles. The van der Waals surface area contributed by atoms with Gasteiger partial charge in [-0.15, -0.1) is 0 Å². The molecule has 1 rings (SSSR count). The molecule has 1 aromatic carbocycles. The number of rotatable bonds is 7. The Hall–Kier alpha value is -1.10. The molecular formula is C16H27NO3. The average molecular weight is 281 g/mol. The first-order valence-electron chi connectivity index (χ1n) is 7.01. The normalized spacial score (nSPS) is 15.2. The lowest BCUT2D eigenvalue weighted by Gasteiger charge is -2.35. The van der Waals surface area contributed by atoms with Crippen molar-refractivity contribution >= 4 is 0 Å². The monoisotopic (exact) mass is 281 g/mol. The van der Waals surface area contributed by atoms with Gasteiger partial charge in [0.05, 0.1) is 19.8 Å². The largest absolute Gasteiger partial charge is 0.497 e. The third kappa shape index (κ3) is 4.47. The van der Waals surface area contributed by atoms with E-state index in [9.17, 15) is 10.2 Å². The zero-order valence-electron chi connectivity index (χ0n) is 13.1. The molecule has 114 valence electrons. The molecule has 0 spiro atoms. The van der Waals surface area contributed by atoms with Gasteiger partial charge in [-0.05, 0) is 37.5 Å². The van der Waals surface area contributed by atoms with Gasteiger partial charge in [0.1, 0.15) is 5.75 Å². The molecule has 0 aliphatic heterocycles. The molecule has 0 bridgehead atoms. The Balaban J connectivity index is 2.96. The van der Waals surface area contributed by atoms with E-state index in [2.05, 4.69) is 19.2 Å². The van der Waals surface area contributed by atoms with Crippen molar-refractivity contribution in [3.63, 3.8) is 0 Å². The van der Waals surface area contributed by atoms with Gasteiger partial charge in [0.15, 0.2) is 0 Å². The zero-order chi connectivity index (χ0) is 15.3. The topological polar surface area (TPSA) is 61.7 Å². The first kappa shape index (κ1) is 17.0. The fourth-order valence-electron chi connectivity index (χ4n) is 2.14. The number of ether oxygens (including phenoxy) is 1. The van der Waals surface area contributed by atoms with Crippen LogP contribution >= 0.6 is 0 Å². The average Bonchev–Trinajstić information content (AvgIpc) is 2.44. The Morgan fingerprint density at radius 2 is 1.95 bits per heavy atom. The van der Waals surface area contributed by atoms with Crippen LogP contribution in [0.5, 0.6) is 5.75 Å². The Morgan fingerprint density at radius 3 is 2.45 bits per heavy atom. The predicted octanol–water partition coefficient (Wildman–Crippen LogP) is 2.11. The van der Waals surface area contributed by atoms with Crippen molar-refractivity contribution in [2.45, 2.75) is 45.4 Å². The van der Waals surface area contributed by atoms with E-state index < -0.39 is 11.6 Å². The van der Waals surface area contributed by atoms with Gasteiger partial charge >= 0.3 is 0 Å². The van der Waals surface area contributed by atoms with Crippen LogP contribution in [0.25, 0.3) is 0 Å². The quantitative estimate of drug-likeness (QED) is 0.716. The van der Waals surface area contributed by atoms with Crippen molar-refractivity contribution in [2.75, 3.05) is 13.7 Å². The van der Waals surface area contributed by atoms with Crippen molar-refractivity contribution in [1.82, 2.24) is 5.32 Å². The van der Waals surface area contributed by atoms with Gasteiger partial charge in [0.25, 0.3) is 0 Å². The lowest BCUT2D eigenvalue weighted by atomic mass is 9.90. The minimum atomic E-state index is -0.657. The van der Waals surface area contributed by atoms with Gasteiger partial charge in [0.2, 0.25) is 0 Å². The van der Waals surface area contributed by atoms with Crippen LogP contribution in [-0.4, -0.2) is 35.5 Å². The fraction of sp³-hybridized carbons (Fsp3) is 0.625. The van der Waals surface area contributed by atoms with E-state index in [1.807, 2.05) is 38.1 Å². The molecule has 0 radical (unpaired) electrons. The number of hydrogen-bond acceptors (Lipinski definition) is 4.